The van der Waals surface area contributed by atoms with Crippen molar-refractivity contribution in [3.8, 4) is 0 Å². The molecule has 166 valence electrons. The average molecular weight is 432 g/mol. The molecule has 1 aromatic carbocycles. The zero-order valence-electron chi connectivity index (χ0n) is 18.3. The number of rotatable bonds is 8. The lowest BCUT2D eigenvalue weighted by molar-refractivity contribution is 0.146. The maximum atomic E-state index is 14.6. The molecule has 0 radical (unpaired) electrons. The molecule has 0 aliphatic rings. The summed E-state index contributed by atoms with van der Waals surface area (Å²) in [6.07, 6.45) is -1.19. The Labute approximate surface area is 180 Å². The highest BCUT2D eigenvalue weighted by Gasteiger charge is 2.20. The molecule has 0 saturated carbocycles. The lowest BCUT2D eigenvalue weighted by atomic mass is 10.0. The molecule has 2 aromatic heterocycles. The molecule has 6 nitrogen and oxygen atoms in total. The van der Waals surface area contributed by atoms with E-state index in [-0.39, 0.29) is 5.56 Å². The molecule has 0 saturated heterocycles. The molecule has 3 aromatic rings. The second-order valence-electron chi connectivity index (χ2n) is 7.82. The molecule has 0 amide bonds. The summed E-state index contributed by atoms with van der Waals surface area (Å²) in [6, 6.07) is 5.33. The molecule has 3 rings (SSSR count). The van der Waals surface area contributed by atoms with Crippen LogP contribution in [0.3, 0.4) is 0 Å². The Morgan fingerprint density at radius 1 is 1.06 bits per heavy atom. The first-order chi connectivity index (χ1) is 14.7. The highest BCUT2D eigenvalue weighted by molar-refractivity contribution is 5.90. The van der Waals surface area contributed by atoms with Crippen molar-refractivity contribution in [2.24, 2.45) is 0 Å². The van der Waals surface area contributed by atoms with E-state index in [1.807, 2.05) is 32.1 Å². The zero-order chi connectivity index (χ0) is 22.7. The van der Waals surface area contributed by atoms with Crippen LogP contribution in [-0.4, -0.2) is 54.1 Å². The summed E-state index contributed by atoms with van der Waals surface area (Å²) in [6.45, 7) is 5.11. The maximum Gasteiger partial charge on any atom is 0.266 e. The van der Waals surface area contributed by atoms with E-state index in [4.69, 9.17) is 0 Å². The van der Waals surface area contributed by atoms with Gasteiger partial charge in [0.05, 0.1) is 23.3 Å². The Morgan fingerprint density at radius 3 is 2.45 bits per heavy atom. The van der Waals surface area contributed by atoms with Crippen molar-refractivity contribution in [3.05, 3.63) is 53.2 Å². The van der Waals surface area contributed by atoms with E-state index in [9.17, 15) is 13.2 Å². The molecule has 0 spiro atoms. The topological polar surface area (TPSA) is 57.2 Å². The van der Waals surface area contributed by atoms with Crippen molar-refractivity contribution in [3.63, 3.8) is 0 Å². The smallest absolute Gasteiger partial charge is 0.266 e. The zero-order valence-corrected chi connectivity index (χ0v) is 18.3. The predicted molar refractivity (Wildman–Crippen MR) is 117 cm³/mol. The largest absolute Gasteiger partial charge is 0.363 e. The summed E-state index contributed by atoms with van der Waals surface area (Å²) in [5.74, 6) is 0.878. The molecule has 1 atom stereocenters. The van der Waals surface area contributed by atoms with Crippen molar-refractivity contribution in [1.29, 1.82) is 0 Å². The molecule has 0 aliphatic heterocycles. The maximum absolute atomic E-state index is 14.6. The van der Waals surface area contributed by atoms with Crippen LogP contribution in [-0.2, 0) is 0 Å². The third kappa shape index (κ3) is 5.22. The van der Waals surface area contributed by atoms with E-state index in [1.54, 1.807) is 20.0 Å². The molecule has 2 heterocycles. The van der Waals surface area contributed by atoms with Gasteiger partial charge in [-0.3, -0.25) is 0 Å². The normalized spacial score (nSPS) is 12.6. The van der Waals surface area contributed by atoms with Crippen LogP contribution in [0.4, 0.5) is 24.8 Å². The summed E-state index contributed by atoms with van der Waals surface area (Å²) in [4.78, 5) is 17.5. The van der Waals surface area contributed by atoms with E-state index >= 15 is 0 Å². The number of halogens is 3. The van der Waals surface area contributed by atoms with Gasteiger partial charge in [0, 0.05) is 31.1 Å². The minimum atomic E-state index is -2.87. The number of likely N-dealkylation sites (N-methyl/N-ethyl adjacent to an activating group) is 2. The number of nitrogens with zero attached hydrogens (tertiary/aromatic N) is 5. The Morgan fingerprint density at radius 2 is 1.77 bits per heavy atom. The molecule has 0 aliphatic carbocycles. The predicted octanol–water partition coefficient (Wildman–Crippen LogP) is 4.58. The minimum Gasteiger partial charge on any atom is -0.363 e. The number of hydrogen-bond acceptors (Lipinski definition) is 6. The van der Waals surface area contributed by atoms with Crippen LogP contribution in [0, 0.1) is 12.7 Å². The van der Waals surface area contributed by atoms with Gasteiger partial charge in [-0.25, -0.2) is 28.1 Å². The summed E-state index contributed by atoms with van der Waals surface area (Å²) in [7, 11) is 5.96. The van der Waals surface area contributed by atoms with Crippen molar-refractivity contribution in [2.75, 3.05) is 44.4 Å². The Bertz CT molecular complexity index is 1060. The first-order valence-corrected chi connectivity index (χ1v) is 10.0. The van der Waals surface area contributed by atoms with Crippen LogP contribution < -0.4 is 10.2 Å². The Kier molecular flexibility index (Phi) is 6.94. The number of fused-ring (bicyclic) bond motifs is 1. The summed E-state index contributed by atoms with van der Waals surface area (Å²) < 4.78 is 40.8. The standard InChI is InChI=1S/C22H27F3N6/c1-13(15-7-6-8-16(20(15)23)21(24)25)27-22-17-11-19(31(5)10-9-30(3)4)26-12-18(17)28-14(2)29-22/h6-8,11-13,21H,9-10H2,1-5H3,(H,27,28,29)/t13-/m1/s1. The molecule has 1 N–H and O–H groups in total. The van der Waals surface area contributed by atoms with Gasteiger partial charge >= 0.3 is 0 Å². The lowest BCUT2D eigenvalue weighted by Gasteiger charge is -2.22. The van der Waals surface area contributed by atoms with Gasteiger partial charge in [0.15, 0.2) is 0 Å². The molecule has 0 bridgehead atoms. The number of alkyl halides is 2. The highest BCUT2D eigenvalue weighted by Crippen LogP contribution is 2.31. The van der Waals surface area contributed by atoms with Gasteiger partial charge < -0.3 is 15.1 Å². The van der Waals surface area contributed by atoms with Crippen LogP contribution >= 0.6 is 0 Å². The fraction of sp³-hybridized carbons (Fsp3) is 0.409. The quantitative estimate of drug-likeness (QED) is 0.562. The van der Waals surface area contributed by atoms with Crippen LogP contribution in [0.1, 0.15) is 36.3 Å². The van der Waals surface area contributed by atoms with Crippen molar-refractivity contribution in [2.45, 2.75) is 26.3 Å². The summed E-state index contributed by atoms with van der Waals surface area (Å²) >= 11 is 0. The van der Waals surface area contributed by atoms with Crippen molar-refractivity contribution >= 4 is 22.5 Å². The van der Waals surface area contributed by atoms with Crippen molar-refractivity contribution in [1.82, 2.24) is 19.9 Å². The number of aromatic nitrogens is 3. The first kappa shape index (κ1) is 22.7. The van der Waals surface area contributed by atoms with Crippen molar-refractivity contribution < 1.29 is 13.2 Å². The van der Waals surface area contributed by atoms with Crippen LogP contribution in [0.15, 0.2) is 30.5 Å². The highest BCUT2D eigenvalue weighted by atomic mass is 19.3. The number of hydrogen-bond donors (Lipinski definition) is 1. The minimum absolute atomic E-state index is 0.152. The second kappa shape index (κ2) is 9.47. The van der Waals surface area contributed by atoms with Gasteiger partial charge in [0.2, 0.25) is 0 Å². The van der Waals surface area contributed by atoms with Crippen LogP contribution in [0.2, 0.25) is 0 Å². The molecule has 9 heteroatoms. The summed E-state index contributed by atoms with van der Waals surface area (Å²) in [5, 5.41) is 3.90. The molecule has 0 unspecified atom stereocenters. The van der Waals surface area contributed by atoms with Gasteiger partial charge in [-0.05, 0) is 34.0 Å². The SMILES string of the molecule is Cc1nc(N[C@H](C)c2cccc(C(F)F)c2F)c2cc(N(C)CCN(C)C)ncc2n1. The third-order valence-electron chi connectivity index (χ3n) is 5.07. The van der Waals surface area contributed by atoms with Gasteiger partial charge in [-0.15, -0.1) is 0 Å². The van der Waals surface area contributed by atoms with E-state index in [1.165, 1.54) is 12.1 Å². The Balaban J connectivity index is 1.96. The van der Waals surface area contributed by atoms with Crippen LogP contribution in [0.25, 0.3) is 10.9 Å². The molecule has 31 heavy (non-hydrogen) atoms. The number of pyridine rings is 1. The number of aryl methyl sites for hydroxylation is 1. The van der Waals surface area contributed by atoms with Gasteiger partial charge in [-0.1, -0.05) is 18.2 Å². The monoisotopic (exact) mass is 432 g/mol. The molecule has 0 fully saturated rings. The fourth-order valence-corrected chi connectivity index (χ4v) is 3.27. The molecular formula is C22H27F3N6. The van der Waals surface area contributed by atoms with E-state index in [0.717, 1.165) is 30.4 Å². The van der Waals surface area contributed by atoms with E-state index in [0.29, 0.717) is 17.2 Å². The molecular weight excluding hydrogens is 405 g/mol. The lowest BCUT2D eigenvalue weighted by Crippen LogP contribution is -2.29. The fourth-order valence-electron chi connectivity index (χ4n) is 3.27. The van der Waals surface area contributed by atoms with Gasteiger partial charge in [0.25, 0.3) is 6.43 Å². The van der Waals surface area contributed by atoms with E-state index < -0.39 is 23.8 Å². The third-order valence-corrected chi connectivity index (χ3v) is 5.07. The number of anilines is 2. The number of nitrogens with one attached hydrogen (secondary N) is 1. The summed E-state index contributed by atoms with van der Waals surface area (Å²) in [5.41, 5.74) is 0.192. The van der Waals surface area contributed by atoms with Crippen LogP contribution in [0.5, 0.6) is 0 Å². The van der Waals surface area contributed by atoms with E-state index in [2.05, 4.69) is 25.2 Å². The number of benzene rings is 1. The average Bonchev–Trinajstić information content (AvgIpc) is 2.71. The first-order valence-electron chi connectivity index (χ1n) is 10.0. The van der Waals surface area contributed by atoms with Gasteiger partial charge in [0.1, 0.15) is 23.3 Å². The Hall–Kier alpha value is -2.94. The second-order valence-corrected chi connectivity index (χ2v) is 7.82. The van der Waals surface area contributed by atoms with Gasteiger partial charge in [-0.2, -0.15) is 0 Å².